The van der Waals surface area contributed by atoms with Crippen LogP contribution < -0.4 is 15.0 Å². The molecule has 1 saturated heterocycles. The molecule has 1 aromatic rings. The number of benzene rings is 1. The molecule has 1 aromatic carbocycles. The van der Waals surface area contributed by atoms with Crippen LogP contribution in [0.15, 0.2) is 24.3 Å². The Morgan fingerprint density at radius 2 is 2.41 bits per heavy atom. The van der Waals surface area contributed by atoms with Crippen molar-refractivity contribution in [3.63, 3.8) is 0 Å². The standard InChI is InChI=1S/C13H20N2O2/c1-17-13-4-2-3-12(9-13)15-7-5-11(10-15)14-6-8-16/h2-4,9,11,14,16H,5-8,10H2,1H3. The van der Waals surface area contributed by atoms with Gasteiger partial charge < -0.3 is 20.1 Å². The summed E-state index contributed by atoms with van der Waals surface area (Å²) in [4.78, 5) is 2.34. The van der Waals surface area contributed by atoms with E-state index in [1.807, 2.05) is 12.1 Å². The van der Waals surface area contributed by atoms with Gasteiger partial charge in [0.15, 0.2) is 0 Å². The molecule has 1 atom stereocenters. The van der Waals surface area contributed by atoms with Crippen LogP contribution in [0.1, 0.15) is 6.42 Å². The summed E-state index contributed by atoms with van der Waals surface area (Å²) in [5.41, 5.74) is 1.21. The summed E-state index contributed by atoms with van der Waals surface area (Å²) in [6, 6.07) is 8.63. The molecule has 0 aliphatic carbocycles. The molecule has 2 rings (SSSR count). The highest BCUT2D eigenvalue weighted by atomic mass is 16.5. The number of nitrogens with one attached hydrogen (secondary N) is 1. The first kappa shape index (κ1) is 12.2. The van der Waals surface area contributed by atoms with Crippen molar-refractivity contribution in [2.75, 3.05) is 38.3 Å². The fourth-order valence-electron chi connectivity index (χ4n) is 2.24. The third kappa shape index (κ3) is 3.11. The number of methoxy groups -OCH3 is 1. The first-order valence-electron chi connectivity index (χ1n) is 6.06. The van der Waals surface area contributed by atoms with E-state index in [1.165, 1.54) is 5.69 Å². The fourth-order valence-corrected chi connectivity index (χ4v) is 2.24. The van der Waals surface area contributed by atoms with Crippen molar-refractivity contribution in [1.29, 1.82) is 0 Å². The number of hydrogen-bond donors (Lipinski definition) is 2. The molecule has 4 nitrogen and oxygen atoms in total. The molecule has 0 aromatic heterocycles. The molecule has 4 heteroatoms. The second-order valence-electron chi connectivity index (χ2n) is 4.31. The van der Waals surface area contributed by atoms with Gasteiger partial charge in [0.25, 0.3) is 0 Å². The molecule has 1 unspecified atom stereocenters. The number of hydrogen-bond acceptors (Lipinski definition) is 4. The minimum atomic E-state index is 0.204. The molecular formula is C13H20N2O2. The average molecular weight is 236 g/mol. The van der Waals surface area contributed by atoms with Crippen molar-refractivity contribution < 1.29 is 9.84 Å². The Hall–Kier alpha value is -1.26. The van der Waals surface area contributed by atoms with E-state index in [0.717, 1.165) is 25.3 Å². The number of ether oxygens (including phenoxy) is 1. The van der Waals surface area contributed by atoms with Crippen molar-refractivity contribution >= 4 is 5.69 Å². The van der Waals surface area contributed by atoms with Crippen molar-refractivity contribution in [3.05, 3.63) is 24.3 Å². The second kappa shape index (κ2) is 5.89. The van der Waals surface area contributed by atoms with Gasteiger partial charge in [-0.3, -0.25) is 0 Å². The van der Waals surface area contributed by atoms with Crippen LogP contribution in [0.5, 0.6) is 5.75 Å². The Kier molecular flexibility index (Phi) is 4.23. The van der Waals surface area contributed by atoms with Crippen LogP contribution in [0.25, 0.3) is 0 Å². The number of anilines is 1. The first-order valence-corrected chi connectivity index (χ1v) is 6.06. The minimum Gasteiger partial charge on any atom is -0.497 e. The quantitative estimate of drug-likeness (QED) is 0.796. The van der Waals surface area contributed by atoms with Crippen molar-refractivity contribution in [1.82, 2.24) is 5.32 Å². The van der Waals surface area contributed by atoms with E-state index in [0.29, 0.717) is 12.6 Å². The van der Waals surface area contributed by atoms with Gasteiger partial charge in [0.05, 0.1) is 13.7 Å². The maximum absolute atomic E-state index is 8.79. The van der Waals surface area contributed by atoms with Gasteiger partial charge >= 0.3 is 0 Å². The molecule has 0 bridgehead atoms. The average Bonchev–Trinajstić information content (AvgIpc) is 2.85. The molecule has 1 aliphatic heterocycles. The molecule has 17 heavy (non-hydrogen) atoms. The Morgan fingerprint density at radius 1 is 1.53 bits per heavy atom. The highest BCUT2D eigenvalue weighted by Gasteiger charge is 2.21. The van der Waals surface area contributed by atoms with Gasteiger partial charge in [-0.2, -0.15) is 0 Å². The van der Waals surface area contributed by atoms with Crippen LogP contribution in [0.2, 0.25) is 0 Å². The number of rotatable bonds is 5. The number of aliphatic hydroxyl groups is 1. The van der Waals surface area contributed by atoms with E-state index in [9.17, 15) is 0 Å². The fraction of sp³-hybridized carbons (Fsp3) is 0.538. The summed E-state index contributed by atoms with van der Waals surface area (Å²) in [5.74, 6) is 0.897. The van der Waals surface area contributed by atoms with Crippen LogP contribution in [0, 0.1) is 0 Å². The predicted molar refractivity (Wildman–Crippen MR) is 68.7 cm³/mol. The Bertz CT molecular complexity index is 357. The zero-order valence-electron chi connectivity index (χ0n) is 10.2. The zero-order chi connectivity index (χ0) is 12.1. The third-order valence-corrected chi connectivity index (χ3v) is 3.15. The molecule has 1 heterocycles. The van der Waals surface area contributed by atoms with E-state index >= 15 is 0 Å². The van der Waals surface area contributed by atoms with E-state index in [4.69, 9.17) is 9.84 Å². The number of aliphatic hydroxyl groups excluding tert-OH is 1. The van der Waals surface area contributed by atoms with Crippen LogP contribution in [0.3, 0.4) is 0 Å². The van der Waals surface area contributed by atoms with Crippen LogP contribution >= 0.6 is 0 Å². The minimum absolute atomic E-state index is 0.204. The van der Waals surface area contributed by atoms with Gasteiger partial charge in [0.1, 0.15) is 5.75 Å². The van der Waals surface area contributed by atoms with Gasteiger partial charge in [-0.05, 0) is 18.6 Å². The predicted octanol–water partition coefficient (Wildman–Crippen LogP) is 0.856. The molecular weight excluding hydrogens is 216 g/mol. The van der Waals surface area contributed by atoms with Crippen LogP contribution in [-0.4, -0.2) is 44.5 Å². The lowest BCUT2D eigenvalue weighted by Crippen LogP contribution is -2.34. The Morgan fingerprint density at radius 3 is 3.18 bits per heavy atom. The lowest BCUT2D eigenvalue weighted by Gasteiger charge is -2.19. The van der Waals surface area contributed by atoms with E-state index < -0.39 is 0 Å². The third-order valence-electron chi connectivity index (χ3n) is 3.15. The number of nitrogens with zero attached hydrogens (tertiary/aromatic N) is 1. The van der Waals surface area contributed by atoms with E-state index in [1.54, 1.807) is 7.11 Å². The SMILES string of the molecule is COc1cccc(N2CCC(NCCO)C2)c1. The molecule has 0 spiro atoms. The van der Waals surface area contributed by atoms with Crippen LogP contribution in [-0.2, 0) is 0 Å². The first-order chi connectivity index (χ1) is 8.33. The lowest BCUT2D eigenvalue weighted by atomic mass is 10.2. The Balaban J connectivity index is 1.94. The maximum atomic E-state index is 8.79. The molecule has 1 aliphatic rings. The van der Waals surface area contributed by atoms with Gasteiger partial charge in [-0.25, -0.2) is 0 Å². The van der Waals surface area contributed by atoms with Crippen molar-refractivity contribution in [2.24, 2.45) is 0 Å². The molecule has 94 valence electrons. The zero-order valence-corrected chi connectivity index (χ0v) is 10.2. The van der Waals surface area contributed by atoms with E-state index in [2.05, 4.69) is 22.3 Å². The highest BCUT2D eigenvalue weighted by molar-refractivity contribution is 5.51. The summed E-state index contributed by atoms with van der Waals surface area (Å²) in [7, 11) is 1.69. The van der Waals surface area contributed by atoms with Gasteiger partial charge in [0.2, 0.25) is 0 Å². The summed E-state index contributed by atoms with van der Waals surface area (Å²) in [6.07, 6.45) is 1.12. The summed E-state index contributed by atoms with van der Waals surface area (Å²) < 4.78 is 5.23. The summed E-state index contributed by atoms with van der Waals surface area (Å²) in [6.45, 7) is 2.93. The summed E-state index contributed by atoms with van der Waals surface area (Å²) >= 11 is 0. The van der Waals surface area contributed by atoms with Crippen molar-refractivity contribution in [2.45, 2.75) is 12.5 Å². The molecule has 0 radical (unpaired) electrons. The van der Waals surface area contributed by atoms with Gasteiger partial charge in [-0.15, -0.1) is 0 Å². The van der Waals surface area contributed by atoms with Crippen molar-refractivity contribution in [3.8, 4) is 5.75 Å². The van der Waals surface area contributed by atoms with E-state index in [-0.39, 0.29) is 6.61 Å². The summed E-state index contributed by atoms with van der Waals surface area (Å²) in [5, 5.41) is 12.1. The smallest absolute Gasteiger partial charge is 0.120 e. The molecule has 0 amide bonds. The highest BCUT2D eigenvalue weighted by Crippen LogP contribution is 2.24. The normalized spacial score (nSPS) is 19.6. The van der Waals surface area contributed by atoms with Gasteiger partial charge in [-0.1, -0.05) is 6.07 Å². The second-order valence-corrected chi connectivity index (χ2v) is 4.31. The van der Waals surface area contributed by atoms with Crippen LogP contribution in [0.4, 0.5) is 5.69 Å². The lowest BCUT2D eigenvalue weighted by molar-refractivity contribution is 0.286. The molecule has 2 N–H and O–H groups in total. The molecule has 0 saturated carbocycles. The molecule has 1 fully saturated rings. The Labute approximate surface area is 102 Å². The largest absolute Gasteiger partial charge is 0.497 e. The van der Waals surface area contributed by atoms with Gasteiger partial charge in [0, 0.05) is 37.4 Å². The topological polar surface area (TPSA) is 44.7 Å². The maximum Gasteiger partial charge on any atom is 0.120 e. The monoisotopic (exact) mass is 236 g/mol.